The van der Waals surface area contributed by atoms with Crippen molar-refractivity contribution >= 4 is 17.7 Å². The largest absolute Gasteiger partial charge is 0.465 e. The molecule has 0 saturated carbocycles. The third kappa shape index (κ3) is 4.61. The molecule has 1 aliphatic heterocycles. The van der Waals surface area contributed by atoms with E-state index in [1.165, 1.54) is 19.2 Å². The quantitative estimate of drug-likeness (QED) is 0.766. The Balaban J connectivity index is 2.07. The molecule has 1 amide bonds. The van der Waals surface area contributed by atoms with E-state index in [2.05, 4.69) is 4.74 Å². The van der Waals surface area contributed by atoms with Gasteiger partial charge in [-0.1, -0.05) is 0 Å². The topological polar surface area (TPSA) is 59.1 Å². The number of esters is 1. The Morgan fingerprint density at radius 1 is 1.24 bits per heavy atom. The van der Waals surface area contributed by atoms with E-state index in [9.17, 15) is 14.0 Å². The standard InChI is InChI=1S/C18H25FN2O4/c1-12-11-20(8-9-21(12)17(23)25-18(2,3)4)13-6-7-14(15(19)10-13)16(22)24-5/h6-7,10,12H,8-9,11H2,1-5H3/t12-/m1/s1. The lowest BCUT2D eigenvalue weighted by Gasteiger charge is -2.41. The van der Waals surface area contributed by atoms with E-state index in [0.29, 0.717) is 25.3 Å². The van der Waals surface area contributed by atoms with Crippen LogP contribution in [0.5, 0.6) is 0 Å². The van der Waals surface area contributed by atoms with Crippen molar-refractivity contribution in [2.75, 3.05) is 31.6 Å². The molecule has 2 rings (SSSR count). The van der Waals surface area contributed by atoms with E-state index in [1.807, 2.05) is 32.6 Å². The zero-order valence-electron chi connectivity index (χ0n) is 15.3. The molecule has 0 spiro atoms. The van der Waals surface area contributed by atoms with E-state index < -0.39 is 17.4 Å². The molecule has 0 radical (unpaired) electrons. The summed E-state index contributed by atoms with van der Waals surface area (Å²) < 4.78 is 24.1. The molecule has 7 heteroatoms. The van der Waals surface area contributed by atoms with Crippen molar-refractivity contribution in [3.63, 3.8) is 0 Å². The number of methoxy groups -OCH3 is 1. The SMILES string of the molecule is COC(=O)c1ccc(N2CCN(C(=O)OC(C)(C)C)[C@H](C)C2)cc1F. The van der Waals surface area contributed by atoms with Gasteiger partial charge < -0.3 is 19.3 Å². The third-order valence-corrected chi connectivity index (χ3v) is 3.98. The average Bonchev–Trinajstić information content (AvgIpc) is 2.52. The number of carbonyl (C=O) groups excluding carboxylic acids is 2. The molecular weight excluding hydrogens is 327 g/mol. The van der Waals surface area contributed by atoms with Crippen LogP contribution in [0.3, 0.4) is 0 Å². The summed E-state index contributed by atoms with van der Waals surface area (Å²) in [6, 6.07) is 4.35. The second-order valence-electron chi connectivity index (χ2n) is 7.12. The highest BCUT2D eigenvalue weighted by atomic mass is 19.1. The number of halogens is 1. The Bertz CT molecular complexity index is 657. The number of piperazine rings is 1. The number of nitrogens with zero attached hydrogens (tertiary/aromatic N) is 2. The van der Waals surface area contributed by atoms with Crippen LogP contribution in [0.4, 0.5) is 14.9 Å². The number of ether oxygens (including phenoxy) is 2. The van der Waals surface area contributed by atoms with Crippen LogP contribution in [0.25, 0.3) is 0 Å². The van der Waals surface area contributed by atoms with Gasteiger partial charge in [-0.2, -0.15) is 0 Å². The monoisotopic (exact) mass is 352 g/mol. The summed E-state index contributed by atoms with van der Waals surface area (Å²) in [6.45, 7) is 9.01. The number of hydrogen-bond acceptors (Lipinski definition) is 5. The van der Waals surface area contributed by atoms with Gasteiger partial charge in [-0.3, -0.25) is 0 Å². The van der Waals surface area contributed by atoms with Gasteiger partial charge in [0.05, 0.1) is 12.7 Å². The molecule has 1 aromatic rings. The average molecular weight is 352 g/mol. The summed E-state index contributed by atoms with van der Waals surface area (Å²) in [5, 5.41) is 0. The second kappa shape index (κ2) is 7.29. The van der Waals surface area contributed by atoms with Gasteiger partial charge in [0.1, 0.15) is 11.4 Å². The van der Waals surface area contributed by atoms with Crippen molar-refractivity contribution < 1.29 is 23.5 Å². The second-order valence-corrected chi connectivity index (χ2v) is 7.12. The maximum atomic E-state index is 14.1. The van der Waals surface area contributed by atoms with Crippen LogP contribution >= 0.6 is 0 Å². The molecule has 0 unspecified atom stereocenters. The number of amides is 1. The predicted molar refractivity (Wildman–Crippen MR) is 92.4 cm³/mol. The molecule has 6 nitrogen and oxygen atoms in total. The molecule has 0 aromatic heterocycles. The van der Waals surface area contributed by atoms with E-state index in [1.54, 1.807) is 11.0 Å². The summed E-state index contributed by atoms with van der Waals surface area (Å²) in [5.41, 5.74) is 0.0355. The maximum absolute atomic E-state index is 14.1. The van der Waals surface area contributed by atoms with E-state index in [4.69, 9.17) is 4.74 Å². The zero-order chi connectivity index (χ0) is 18.8. The van der Waals surface area contributed by atoms with Gasteiger partial charge in [-0.05, 0) is 45.9 Å². The molecule has 1 heterocycles. The first-order valence-electron chi connectivity index (χ1n) is 8.25. The van der Waals surface area contributed by atoms with Gasteiger partial charge in [0.15, 0.2) is 0 Å². The van der Waals surface area contributed by atoms with Crippen LogP contribution in [0.1, 0.15) is 38.1 Å². The number of hydrogen-bond donors (Lipinski definition) is 0. The number of carbonyl (C=O) groups is 2. The van der Waals surface area contributed by atoms with Gasteiger partial charge in [-0.15, -0.1) is 0 Å². The molecule has 0 bridgehead atoms. The fourth-order valence-electron chi connectivity index (χ4n) is 2.76. The van der Waals surface area contributed by atoms with Crippen molar-refractivity contribution in [1.29, 1.82) is 0 Å². The van der Waals surface area contributed by atoms with Crippen LogP contribution in [-0.2, 0) is 9.47 Å². The molecule has 1 fully saturated rings. The van der Waals surface area contributed by atoms with Crippen LogP contribution in [-0.4, -0.2) is 55.3 Å². The van der Waals surface area contributed by atoms with Gasteiger partial charge in [-0.25, -0.2) is 14.0 Å². The Labute approximate surface area is 147 Å². The Hall–Kier alpha value is -2.31. The first-order valence-corrected chi connectivity index (χ1v) is 8.25. The van der Waals surface area contributed by atoms with Gasteiger partial charge >= 0.3 is 12.1 Å². The molecule has 1 atom stereocenters. The van der Waals surface area contributed by atoms with Crippen molar-refractivity contribution in [3.8, 4) is 0 Å². The normalized spacial score (nSPS) is 18.1. The van der Waals surface area contributed by atoms with Gasteiger partial charge in [0, 0.05) is 31.4 Å². The number of rotatable bonds is 2. The fraction of sp³-hybridized carbons (Fsp3) is 0.556. The molecule has 25 heavy (non-hydrogen) atoms. The van der Waals surface area contributed by atoms with Crippen molar-refractivity contribution in [2.45, 2.75) is 39.3 Å². The number of benzene rings is 1. The molecule has 1 aromatic carbocycles. The lowest BCUT2D eigenvalue weighted by Crippen LogP contribution is -2.55. The van der Waals surface area contributed by atoms with Gasteiger partial charge in [0.2, 0.25) is 0 Å². The smallest absolute Gasteiger partial charge is 0.410 e. The Morgan fingerprint density at radius 2 is 1.92 bits per heavy atom. The first kappa shape index (κ1) is 19.0. The van der Waals surface area contributed by atoms with Crippen molar-refractivity contribution in [3.05, 3.63) is 29.6 Å². The van der Waals surface area contributed by atoms with Crippen molar-refractivity contribution in [1.82, 2.24) is 4.90 Å². The molecule has 138 valence electrons. The Kier molecular flexibility index (Phi) is 5.55. The minimum absolute atomic E-state index is 0.0769. The van der Waals surface area contributed by atoms with Crippen LogP contribution in [0.15, 0.2) is 18.2 Å². The molecule has 1 saturated heterocycles. The van der Waals surface area contributed by atoms with E-state index in [0.717, 1.165) is 0 Å². The highest BCUT2D eigenvalue weighted by Gasteiger charge is 2.31. The summed E-state index contributed by atoms with van der Waals surface area (Å²) in [5.74, 6) is -1.32. The summed E-state index contributed by atoms with van der Waals surface area (Å²) in [6.07, 6.45) is -0.341. The number of anilines is 1. The first-order chi connectivity index (χ1) is 11.6. The lowest BCUT2D eigenvalue weighted by molar-refractivity contribution is 0.0158. The molecule has 1 aliphatic rings. The summed E-state index contributed by atoms with van der Waals surface area (Å²) >= 11 is 0. The van der Waals surface area contributed by atoms with Gasteiger partial charge in [0.25, 0.3) is 0 Å². The minimum Gasteiger partial charge on any atom is -0.465 e. The highest BCUT2D eigenvalue weighted by Crippen LogP contribution is 2.23. The van der Waals surface area contributed by atoms with E-state index in [-0.39, 0.29) is 17.7 Å². The van der Waals surface area contributed by atoms with Crippen LogP contribution in [0.2, 0.25) is 0 Å². The predicted octanol–water partition coefficient (Wildman–Crippen LogP) is 3.06. The lowest BCUT2D eigenvalue weighted by atomic mass is 10.1. The molecule has 0 N–H and O–H groups in total. The minimum atomic E-state index is -0.702. The highest BCUT2D eigenvalue weighted by molar-refractivity contribution is 5.90. The van der Waals surface area contributed by atoms with Crippen LogP contribution in [0, 0.1) is 5.82 Å². The van der Waals surface area contributed by atoms with Crippen molar-refractivity contribution in [2.24, 2.45) is 0 Å². The zero-order valence-corrected chi connectivity index (χ0v) is 15.3. The third-order valence-electron chi connectivity index (χ3n) is 3.98. The van der Waals surface area contributed by atoms with E-state index >= 15 is 0 Å². The molecular formula is C18H25FN2O4. The maximum Gasteiger partial charge on any atom is 0.410 e. The summed E-state index contributed by atoms with van der Waals surface area (Å²) in [7, 11) is 1.22. The fourth-order valence-corrected chi connectivity index (χ4v) is 2.76. The Morgan fingerprint density at radius 3 is 2.44 bits per heavy atom. The van der Waals surface area contributed by atoms with Crippen LogP contribution < -0.4 is 4.90 Å². The molecule has 0 aliphatic carbocycles. The summed E-state index contributed by atoms with van der Waals surface area (Å²) in [4.78, 5) is 27.4.